The molecule has 4 fully saturated rings. The first-order chi connectivity index (χ1) is 14.1. The fourth-order valence-electron chi connectivity index (χ4n) is 8.27. The van der Waals surface area contributed by atoms with E-state index < -0.39 is 35.8 Å². The first-order valence-corrected chi connectivity index (χ1v) is 18.1. The molecule has 4 aliphatic carbocycles. The van der Waals surface area contributed by atoms with E-state index in [4.69, 9.17) is 0 Å². The molecule has 29 heavy (non-hydrogen) atoms. The number of benzene rings is 2. The molecule has 4 aliphatic rings. The van der Waals surface area contributed by atoms with Crippen LogP contribution in [0.5, 0.6) is 0 Å². The average Bonchev–Trinajstić information content (AvgIpc) is 2.80. The Balaban J connectivity index is 1.24. The van der Waals surface area contributed by atoms with Crippen molar-refractivity contribution in [3.8, 4) is 0 Å². The zero-order valence-electron chi connectivity index (χ0n) is 17.1. The van der Waals surface area contributed by atoms with Crippen molar-refractivity contribution in [2.75, 3.05) is 0 Å². The van der Waals surface area contributed by atoms with Crippen molar-refractivity contribution in [1.29, 1.82) is 0 Å². The van der Waals surface area contributed by atoms with E-state index in [9.17, 15) is 10.2 Å². The van der Waals surface area contributed by atoms with Gasteiger partial charge in [-0.05, 0) is 0 Å². The molecule has 4 unspecified atom stereocenters. The average molecular weight is 575 g/mol. The van der Waals surface area contributed by atoms with E-state index in [1.165, 1.54) is 38.5 Å². The zero-order chi connectivity index (χ0) is 19.6. The van der Waals surface area contributed by atoms with E-state index in [2.05, 4.69) is 60.7 Å². The second-order valence-electron chi connectivity index (χ2n) is 10.2. The van der Waals surface area contributed by atoms with Gasteiger partial charge in [0.05, 0.1) is 0 Å². The van der Waals surface area contributed by atoms with Crippen LogP contribution in [0.15, 0.2) is 60.7 Å². The second kappa shape index (κ2) is 6.90. The maximum atomic E-state index is 11.7. The maximum absolute atomic E-state index is 11.7. The molecule has 3 heteroatoms. The van der Waals surface area contributed by atoms with Crippen molar-refractivity contribution < 1.29 is 34.8 Å². The topological polar surface area (TPSA) is 40.5 Å². The number of fused-ring (bicyclic) bond motifs is 4. The van der Waals surface area contributed by atoms with Crippen LogP contribution in [-0.4, -0.2) is 10.2 Å². The van der Waals surface area contributed by atoms with Gasteiger partial charge in [0.25, 0.3) is 0 Å². The number of hydrogen-bond donors (Lipinski definition) is 2. The van der Waals surface area contributed by atoms with E-state index in [1.54, 1.807) is 0 Å². The molecule has 6 rings (SSSR count). The van der Waals surface area contributed by atoms with E-state index in [0.717, 1.165) is 18.0 Å². The van der Waals surface area contributed by atoms with E-state index in [1.807, 2.05) is 0 Å². The Morgan fingerprint density at radius 3 is 1.28 bits per heavy atom. The summed E-state index contributed by atoms with van der Waals surface area (Å²) >= 11 is -1.27. The van der Waals surface area contributed by atoms with Crippen LogP contribution in [0.2, 0.25) is 6.85 Å². The van der Waals surface area contributed by atoms with Crippen LogP contribution in [0.4, 0.5) is 0 Å². The third-order valence-electron chi connectivity index (χ3n) is 9.41. The Bertz CT molecular complexity index is 785. The predicted molar refractivity (Wildman–Crippen MR) is 110 cm³/mol. The van der Waals surface area contributed by atoms with Gasteiger partial charge >= 0.3 is 187 Å². The molecule has 4 bridgehead atoms. The minimum absolute atomic E-state index is 0.497. The third-order valence-corrected chi connectivity index (χ3v) is 22.5. The summed E-state index contributed by atoms with van der Waals surface area (Å²) in [5, 5.41) is 23.4. The van der Waals surface area contributed by atoms with Gasteiger partial charge in [-0.25, -0.2) is 0 Å². The molecule has 0 heterocycles. The number of aliphatic hydroxyl groups is 2. The Morgan fingerprint density at radius 2 is 0.931 bits per heavy atom. The molecule has 4 saturated carbocycles. The van der Waals surface area contributed by atoms with Crippen LogP contribution in [0.3, 0.4) is 0 Å². The van der Waals surface area contributed by atoms with Crippen LogP contribution in [0, 0.1) is 23.7 Å². The SMILES string of the molecule is OC1(c2ccccc2)[C@@H]2CCC[C@H]1[CH]2[Hg][CH]1[C@H]2CCC[C@@H]1C2(O)c1ccccc1. The van der Waals surface area contributed by atoms with Gasteiger partial charge in [-0.2, -0.15) is 0 Å². The second-order valence-corrected chi connectivity index (χ2v) is 19.4. The van der Waals surface area contributed by atoms with Crippen LogP contribution in [0.1, 0.15) is 49.7 Å². The van der Waals surface area contributed by atoms with Gasteiger partial charge in [-0.1, -0.05) is 0 Å². The fourth-order valence-corrected chi connectivity index (χ4v) is 25.1. The Hall–Kier alpha value is -0.705. The molecule has 0 radical (unpaired) electrons. The molecular weight excluding hydrogens is 545 g/mol. The third kappa shape index (κ3) is 2.52. The molecule has 0 aromatic heterocycles. The molecule has 2 aromatic carbocycles. The van der Waals surface area contributed by atoms with E-state index in [-0.39, 0.29) is 0 Å². The van der Waals surface area contributed by atoms with Gasteiger partial charge in [0.15, 0.2) is 0 Å². The molecule has 0 saturated heterocycles. The van der Waals surface area contributed by atoms with Crippen LogP contribution in [-0.2, 0) is 35.8 Å². The molecule has 2 nitrogen and oxygen atoms in total. The van der Waals surface area contributed by atoms with Crippen molar-refractivity contribution in [3.63, 3.8) is 0 Å². The van der Waals surface area contributed by atoms with Gasteiger partial charge in [-0.3, -0.25) is 0 Å². The van der Waals surface area contributed by atoms with Crippen LogP contribution < -0.4 is 0 Å². The van der Waals surface area contributed by atoms with Gasteiger partial charge in [-0.15, -0.1) is 0 Å². The van der Waals surface area contributed by atoms with Crippen molar-refractivity contribution in [1.82, 2.24) is 0 Å². The molecule has 2 N–H and O–H groups in total. The van der Waals surface area contributed by atoms with Crippen molar-refractivity contribution in [2.45, 2.75) is 56.6 Å². The minimum atomic E-state index is -1.27. The zero-order valence-corrected chi connectivity index (χ0v) is 22.6. The summed E-state index contributed by atoms with van der Waals surface area (Å²) in [5.41, 5.74) is 1.21. The summed E-state index contributed by atoms with van der Waals surface area (Å²) < 4.78 is 1.70. The van der Waals surface area contributed by atoms with Crippen molar-refractivity contribution in [3.05, 3.63) is 71.8 Å². The van der Waals surface area contributed by atoms with E-state index in [0.29, 0.717) is 23.7 Å². The molecule has 0 amide bonds. The Labute approximate surface area is 186 Å². The molecule has 2 aromatic rings. The van der Waals surface area contributed by atoms with Gasteiger partial charge in [0, 0.05) is 0 Å². The summed E-state index contributed by atoms with van der Waals surface area (Å²) in [4.78, 5) is 0. The summed E-state index contributed by atoms with van der Waals surface area (Å²) in [6, 6.07) is 21.0. The molecule has 0 aliphatic heterocycles. The summed E-state index contributed by atoms with van der Waals surface area (Å²) in [5.74, 6) is 1.99. The monoisotopic (exact) mass is 576 g/mol. The first kappa shape index (κ1) is 19.0. The fraction of sp³-hybridized carbons (Fsp3) is 0.538. The molecule has 0 spiro atoms. The van der Waals surface area contributed by atoms with Gasteiger partial charge in [0.1, 0.15) is 0 Å². The Kier molecular flexibility index (Phi) is 4.53. The number of rotatable bonds is 4. The molecular formula is C26H30HgO2. The molecule has 148 valence electrons. The summed E-state index contributed by atoms with van der Waals surface area (Å²) in [7, 11) is 0. The number of hydrogen-bond acceptors (Lipinski definition) is 2. The van der Waals surface area contributed by atoms with Crippen LogP contribution in [0.25, 0.3) is 0 Å². The summed E-state index contributed by atoms with van der Waals surface area (Å²) in [6.07, 6.45) is 7.41. The molecule has 8 atom stereocenters. The standard InChI is InChI=1S/2C13H15O.Hg/c2*14-13(10-5-2-1-3-6-10)11-7-4-8-12(13)9-11;/h2*1-3,5-6,9,11-12,14H,4,7-8H2;/t2*11-,12+,13?;. The van der Waals surface area contributed by atoms with E-state index >= 15 is 0 Å². The summed E-state index contributed by atoms with van der Waals surface area (Å²) in [6.45, 7) is 0. The van der Waals surface area contributed by atoms with Crippen LogP contribution >= 0.6 is 0 Å². The normalized spacial score (nSPS) is 44.9. The quantitative estimate of drug-likeness (QED) is 0.488. The van der Waals surface area contributed by atoms with Crippen molar-refractivity contribution in [2.24, 2.45) is 23.7 Å². The van der Waals surface area contributed by atoms with Gasteiger partial charge in [0.2, 0.25) is 0 Å². The van der Waals surface area contributed by atoms with Crippen molar-refractivity contribution >= 4 is 0 Å². The Morgan fingerprint density at radius 1 is 0.586 bits per heavy atom. The van der Waals surface area contributed by atoms with Gasteiger partial charge < -0.3 is 0 Å². The predicted octanol–water partition coefficient (Wildman–Crippen LogP) is 5.28. The first-order valence-electron chi connectivity index (χ1n) is 11.7.